The standard InChI is InChI=1S/C23H31N3O5S/c1-5-25(6-2)23(28)18-9-13-20(14-10-18)31-17-22(27)24-19-11-15-21(16-12-19)32(29,30)26(7-3)8-4/h9-16H,5-8,17H2,1-4H3,(H,24,27). The average molecular weight is 462 g/mol. The van der Waals surface area contributed by atoms with E-state index >= 15 is 0 Å². The minimum atomic E-state index is -3.54. The number of carbonyl (C=O) groups is 2. The summed E-state index contributed by atoms with van der Waals surface area (Å²) >= 11 is 0. The summed E-state index contributed by atoms with van der Waals surface area (Å²) in [5.41, 5.74) is 1.03. The summed E-state index contributed by atoms with van der Waals surface area (Å²) < 4.78 is 31.9. The molecule has 2 aromatic rings. The van der Waals surface area contributed by atoms with Crippen LogP contribution in [0.15, 0.2) is 53.4 Å². The van der Waals surface area contributed by atoms with Gasteiger partial charge in [-0.25, -0.2) is 8.42 Å². The van der Waals surface area contributed by atoms with Crippen LogP contribution in [0.3, 0.4) is 0 Å². The van der Waals surface area contributed by atoms with E-state index in [2.05, 4.69) is 5.32 Å². The molecule has 0 aliphatic heterocycles. The Labute approximate surface area is 190 Å². The number of ether oxygens (including phenoxy) is 1. The molecule has 0 aromatic heterocycles. The van der Waals surface area contributed by atoms with Crippen molar-refractivity contribution in [1.82, 2.24) is 9.21 Å². The first-order valence-corrected chi connectivity index (χ1v) is 12.1. The molecule has 174 valence electrons. The number of hydrogen-bond acceptors (Lipinski definition) is 5. The van der Waals surface area contributed by atoms with Crippen molar-refractivity contribution in [3.63, 3.8) is 0 Å². The fourth-order valence-corrected chi connectivity index (χ4v) is 4.61. The number of benzene rings is 2. The van der Waals surface area contributed by atoms with Gasteiger partial charge in [-0.05, 0) is 62.4 Å². The van der Waals surface area contributed by atoms with Crippen molar-refractivity contribution in [2.24, 2.45) is 0 Å². The Hall–Kier alpha value is -2.91. The Morgan fingerprint density at radius 2 is 1.41 bits per heavy atom. The molecule has 32 heavy (non-hydrogen) atoms. The molecule has 0 unspecified atom stereocenters. The van der Waals surface area contributed by atoms with Crippen LogP contribution in [0.2, 0.25) is 0 Å². The highest BCUT2D eigenvalue weighted by Gasteiger charge is 2.21. The molecule has 2 rings (SSSR count). The largest absolute Gasteiger partial charge is 0.484 e. The smallest absolute Gasteiger partial charge is 0.262 e. The Kier molecular flexibility index (Phi) is 9.22. The van der Waals surface area contributed by atoms with Gasteiger partial charge in [-0.15, -0.1) is 0 Å². The molecule has 0 heterocycles. The third-order valence-corrected chi connectivity index (χ3v) is 7.07. The summed E-state index contributed by atoms with van der Waals surface area (Å²) in [7, 11) is -3.54. The highest BCUT2D eigenvalue weighted by molar-refractivity contribution is 7.89. The zero-order valence-electron chi connectivity index (χ0n) is 19.0. The summed E-state index contributed by atoms with van der Waals surface area (Å²) in [5.74, 6) is 0.0373. The Morgan fingerprint density at radius 3 is 1.91 bits per heavy atom. The van der Waals surface area contributed by atoms with Gasteiger partial charge in [0.1, 0.15) is 5.75 Å². The Morgan fingerprint density at radius 1 is 0.844 bits per heavy atom. The number of carbonyl (C=O) groups excluding carboxylic acids is 2. The van der Waals surface area contributed by atoms with Crippen LogP contribution in [0, 0.1) is 0 Å². The Balaban J connectivity index is 1.92. The van der Waals surface area contributed by atoms with E-state index in [9.17, 15) is 18.0 Å². The number of hydrogen-bond donors (Lipinski definition) is 1. The zero-order valence-corrected chi connectivity index (χ0v) is 19.8. The number of rotatable bonds is 11. The first-order chi connectivity index (χ1) is 15.3. The lowest BCUT2D eigenvalue weighted by atomic mass is 10.2. The summed E-state index contributed by atoms with van der Waals surface area (Å²) in [6, 6.07) is 12.7. The monoisotopic (exact) mass is 461 g/mol. The van der Waals surface area contributed by atoms with Gasteiger partial charge in [-0.1, -0.05) is 13.8 Å². The van der Waals surface area contributed by atoms with Crippen LogP contribution in [0.25, 0.3) is 0 Å². The van der Waals surface area contributed by atoms with Gasteiger partial charge in [0.25, 0.3) is 11.8 Å². The number of amides is 2. The van der Waals surface area contributed by atoms with E-state index in [1.54, 1.807) is 55.1 Å². The summed E-state index contributed by atoms with van der Waals surface area (Å²) in [6.45, 7) is 9.25. The third-order valence-electron chi connectivity index (χ3n) is 5.00. The number of anilines is 1. The highest BCUT2D eigenvalue weighted by atomic mass is 32.2. The van der Waals surface area contributed by atoms with Crippen molar-refractivity contribution in [1.29, 1.82) is 0 Å². The van der Waals surface area contributed by atoms with E-state index in [0.717, 1.165) is 0 Å². The molecule has 8 nitrogen and oxygen atoms in total. The maximum Gasteiger partial charge on any atom is 0.262 e. The van der Waals surface area contributed by atoms with E-state index < -0.39 is 10.0 Å². The van der Waals surface area contributed by atoms with Crippen molar-refractivity contribution < 1.29 is 22.7 Å². The van der Waals surface area contributed by atoms with Gasteiger partial charge < -0.3 is 15.0 Å². The fraction of sp³-hybridized carbons (Fsp3) is 0.391. The molecule has 0 bridgehead atoms. The topological polar surface area (TPSA) is 96.0 Å². The SMILES string of the molecule is CCN(CC)C(=O)c1ccc(OCC(=O)Nc2ccc(S(=O)(=O)N(CC)CC)cc2)cc1. The van der Waals surface area contributed by atoms with Gasteiger partial charge in [-0.3, -0.25) is 9.59 Å². The van der Waals surface area contributed by atoms with Gasteiger partial charge in [-0.2, -0.15) is 4.31 Å². The molecule has 1 N–H and O–H groups in total. The van der Waals surface area contributed by atoms with Crippen LogP contribution in [0.4, 0.5) is 5.69 Å². The van der Waals surface area contributed by atoms with Crippen LogP contribution < -0.4 is 10.1 Å². The highest BCUT2D eigenvalue weighted by Crippen LogP contribution is 2.18. The maximum absolute atomic E-state index is 12.5. The summed E-state index contributed by atoms with van der Waals surface area (Å²) in [5, 5.41) is 2.67. The third kappa shape index (κ3) is 6.30. The van der Waals surface area contributed by atoms with E-state index in [-0.39, 0.29) is 23.3 Å². The van der Waals surface area contributed by atoms with Crippen LogP contribution in [0.1, 0.15) is 38.1 Å². The van der Waals surface area contributed by atoms with Gasteiger partial charge in [0, 0.05) is 37.4 Å². The lowest BCUT2D eigenvalue weighted by molar-refractivity contribution is -0.118. The molecule has 0 aliphatic carbocycles. The quantitative estimate of drug-likeness (QED) is 0.554. The maximum atomic E-state index is 12.5. The van der Waals surface area contributed by atoms with E-state index in [4.69, 9.17) is 4.74 Å². The van der Waals surface area contributed by atoms with E-state index in [0.29, 0.717) is 43.2 Å². The Bertz CT molecular complexity index is 997. The van der Waals surface area contributed by atoms with Crippen molar-refractivity contribution in [2.75, 3.05) is 38.1 Å². The first kappa shape index (κ1) is 25.4. The lowest BCUT2D eigenvalue weighted by Gasteiger charge is -2.18. The molecule has 0 saturated heterocycles. The van der Waals surface area contributed by atoms with E-state index in [1.165, 1.54) is 16.4 Å². The minimum Gasteiger partial charge on any atom is -0.484 e. The molecule has 0 spiro atoms. The van der Waals surface area contributed by atoms with Crippen LogP contribution in [-0.2, 0) is 14.8 Å². The van der Waals surface area contributed by atoms with Crippen LogP contribution in [0.5, 0.6) is 5.75 Å². The van der Waals surface area contributed by atoms with Gasteiger partial charge in [0.15, 0.2) is 6.61 Å². The van der Waals surface area contributed by atoms with Gasteiger partial charge in [0.05, 0.1) is 4.90 Å². The van der Waals surface area contributed by atoms with Gasteiger partial charge >= 0.3 is 0 Å². The molecule has 0 aliphatic rings. The van der Waals surface area contributed by atoms with E-state index in [1.807, 2.05) is 13.8 Å². The molecule has 0 radical (unpaired) electrons. The predicted octanol–water partition coefficient (Wildman–Crippen LogP) is 3.22. The van der Waals surface area contributed by atoms with Crippen LogP contribution >= 0.6 is 0 Å². The number of nitrogens with zero attached hydrogens (tertiary/aromatic N) is 2. The fourth-order valence-electron chi connectivity index (χ4n) is 3.16. The minimum absolute atomic E-state index is 0.0502. The van der Waals surface area contributed by atoms with Crippen molar-refractivity contribution in [3.8, 4) is 5.75 Å². The number of sulfonamides is 1. The van der Waals surface area contributed by atoms with Crippen molar-refractivity contribution in [2.45, 2.75) is 32.6 Å². The average Bonchev–Trinajstić information content (AvgIpc) is 2.79. The summed E-state index contributed by atoms with van der Waals surface area (Å²) in [4.78, 5) is 26.4. The molecule has 2 amide bonds. The van der Waals surface area contributed by atoms with Crippen molar-refractivity contribution >= 4 is 27.5 Å². The van der Waals surface area contributed by atoms with Crippen LogP contribution in [-0.4, -0.2) is 62.2 Å². The molecule has 0 fully saturated rings. The number of nitrogens with one attached hydrogen (secondary N) is 1. The molecular weight excluding hydrogens is 430 g/mol. The molecule has 9 heteroatoms. The van der Waals surface area contributed by atoms with Gasteiger partial charge in [0.2, 0.25) is 10.0 Å². The molecule has 0 saturated carbocycles. The molecule has 0 atom stereocenters. The molecular formula is C23H31N3O5S. The zero-order chi connectivity index (χ0) is 23.7. The second-order valence-electron chi connectivity index (χ2n) is 6.95. The van der Waals surface area contributed by atoms with Crippen molar-refractivity contribution in [3.05, 3.63) is 54.1 Å². The molecule has 2 aromatic carbocycles. The second-order valence-corrected chi connectivity index (χ2v) is 8.89. The first-order valence-electron chi connectivity index (χ1n) is 10.7. The normalized spacial score (nSPS) is 11.3. The predicted molar refractivity (Wildman–Crippen MR) is 124 cm³/mol. The second kappa shape index (κ2) is 11.6. The lowest BCUT2D eigenvalue weighted by Crippen LogP contribution is -2.30. The summed E-state index contributed by atoms with van der Waals surface area (Å²) in [6.07, 6.45) is 0.